The van der Waals surface area contributed by atoms with Gasteiger partial charge in [0.1, 0.15) is 11.5 Å². The van der Waals surface area contributed by atoms with Gasteiger partial charge in [0.25, 0.3) is 5.91 Å². The predicted octanol–water partition coefficient (Wildman–Crippen LogP) is 4.97. The second-order valence-corrected chi connectivity index (χ2v) is 6.31. The molecule has 3 aromatic carbocycles. The normalized spacial score (nSPS) is 10.2. The highest BCUT2D eigenvalue weighted by molar-refractivity contribution is 6.30. The van der Waals surface area contributed by atoms with Crippen LogP contribution in [0.15, 0.2) is 78.9 Å². The van der Waals surface area contributed by atoms with Gasteiger partial charge in [-0.25, -0.2) is 0 Å². The number of hydrogen-bond acceptors (Lipinski definition) is 4. The molecule has 142 valence electrons. The molecule has 0 aliphatic rings. The molecule has 0 saturated heterocycles. The summed E-state index contributed by atoms with van der Waals surface area (Å²) in [4.78, 5) is 24.0. The minimum Gasteiger partial charge on any atom is -0.493 e. The SMILES string of the molecule is O=C(CCOc1ccc(Cl)cc1)Oc1ccc(NC(=O)c2ccccc2)cc1. The fourth-order valence-corrected chi connectivity index (χ4v) is 2.49. The van der Waals surface area contributed by atoms with Gasteiger partial charge in [0.05, 0.1) is 13.0 Å². The summed E-state index contributed by atoms with van der Waals surface area (Å²) in [7, 11) is 0. The number of esters is 1. The Hall–Kier alpha value is -3.31. The summed E-state index contributed by atoms with van der Waals surface area (Å²) >= 11 is 5.80. The summed E-state index contributed by atoms with van der Waals surface area (Å²) in [6.07, 6.45) is 0.106. The van der Waals surface area contributed by atoms with E-state index in [4.69, 9.17) is 21.1 Å². The lowest BCUT2D eigenvalue weighted by Gasteiger charge is -2.08. The number of amides is 1. The highest BCUT2D eigenvalue weighted by atomic mass is 35.5. The Morgan fingerprint density at radius 3 is 2.14 bits per heavy atom. The van der Waals surface area contributed by atoms with Gasteiger partial charge in [0.2, 0.25) is 0 Å². The largest absolute Gasteiger partial charge is 0.493 e. The molecular formula is C22H18ClNO4. The molecule has 0 atom stereocenters. The topological polar surface area (TPSA) is 64.6 Å². The summed E-state index contributed by atoms with van der Waals surface area (Å²) in [5.41, 5.74) is 1.18. The Kier molecular flexibility index (Phi) is 6.65. The zero-order chi connectivity index (χ0) is 19.8. The highest BCUT2D eigenvalue weighted by Crippen LogP contribution is 2.18. The van der Waals surface area contributed by atoms with E-state index >= 15 is 0 Å². The molecule has 6 heteroatoms. The third-order valence-electron chi connectivity index (χ3n) is 3.77. The summed E-state index contributed by atoms with van der Waals surface area (Å²) in [5.74, 6) is 0.421. The van der Waals surface area contributed by atoms with E-state index in [9.17, 15) is 9.59 Å². The van der Waals surface area contributed by atoms with Crippen molar-refractivity contribution in [3.05, 3.63) is 89.4 Å². The Bertz CT molecular complexity index is 925. The first-order chi connectivity index (χ1) is 13.6. The van der Waals surface area contributed by atoms with Crippen molar-refractivity contribution in [3.8, 4) is 11.5 Å². The van der Waals surface area contributed by atoms with Crippen LogP contribution in [0.5, 0.6) is 11.5 Å². The average molecular weight is 396 g/mol. The van der Waals surface area contributed by atoms with Gasteiger partial charge in [0, 0.05) is 16.3 Å². The van der Waals surface area contributed by atoms with Crippen LogP contribution < -0.4 is 14.8 Å². The second kappa shape index (κ2) is 9.58. The van der Waals surface area contributed by atoms with Crippen LogP contribution in [0.2, 0.25) is 5.02 Å². The van der Waals surface area contributed by atoms with Crippen molar-refractivity contribution in [2.75, 3.05) is 11.9 Å². The lowest BCUT2D eigenvalue weighted by molar-refractivity contribution is -0.134. The maximum absolute atomic E-state index is 12.1. The Labute approximate surface area is 167 Å². The molecule has 0 fully saturated rings. The van der Waals surface area contributed by atoms with Crippen LogP contribution in [0, 0.1) is 0 Å². The van der Waals surface area contributed by atoms with Gasteiger partial charge in [-0.3, -0.25) is 9.59 Å². The average Bonchev–Trinajstić information content (AvgIpc) is 2.71. The molecule has 1 amide bonds. The lowest BCUT2D eigenvalue weighted by atomic mass is 10.2. The molecule has 3 aromatic rings. The van der Waals surface area contributed by atoms with E-state index in [1.165, 1.54) is 0 Å². The summed E-state index contributed by atoms with van der Waals surface area (Å²) in [6, 6.07) is 22.4. The lowest BCUT2D eigenvalue weighted by Crippen LogP contribution is -2.13. The van der Waals surface area contributed by atoms with Crippen LogP contribution in [0.1, 0.15) is 16.8 Å². The summed E-state index contributed by atoms with van der Waals surface area (Å²) in [6.45, 7) is 0.200. The van der Waals surface area contributed by atoms with Crippen LogP contribution >= 0.6 is 11.6 Å². The van der Waals surface area contributed by atoms with Crippen LogP contribution in [0.25, 0.3) is 0 Å². The Balaban J connectivity index is 1.45. The molecule has 3 rings (SSSR count). The molecule has 0 saturated carbocycles. The zero-order valence-electron chi connectivity index (χ0n) is 14.9. The number of rotatable bonds is 7. The van der Waals surface area contributed by atoms with Crippen molar-refractivity contribution in [1.82, 2.24) is 0 Å². The van der Waals surface area contributed by atoms with Crippen LogP contribution in [-0.2, 0) is 4.79 Å². The monoisotopic (exact) mass is 395 g/mol. The molecule has 28 heavy (non-hydrogen) atoms. The molecule has 0 unspecified atom stereocenters. The summed E-state index contributed by atoms with van der Waals surface area (Å²) < 4.78 is 10.7. The Morgan fingerprint density at radius 2 is 1.46 bits per heavy atom. The second-order valence-electron chi connectivity index (χ2n) is 5.87. The summed E-state index contributed by atoms with van der Waals surface area (Å²) in [5, 5.41) is 3.41. The molecular weight excluding hydrogens is 378 g/mol. The van der Waals surface area contributed by atoms with E-state index in [0.29, 0.717) is 27.8 Å². The first-order valence-corrected chi connectivity index (χ1v) is 9.03. The quantitative estimate of drug-likeness (QED) is 0.453. The number of ether oxygens (including phenoxy) is 2. The van der Waals surface area contributed by atoms with E-state index < -0.39 is 5.97 Å². The van der Waals surface area contributed by atoms with Crippen molar-refractivity contribution in [1.29, 1.82) is 0 Å². The highest BCUT2D eigenvalue weighted by Gasteiger charge is 2.08. The van der Waals surface area contributed by atoms with Gasteiger partial charge in [-0.1, -0.05) is 29.8 Å². The minimum absolute atomic E-state index is 0.106. The van der Waals surface area contributed by atoms with Crippen LogP contribution in [-0.4, -0.2) is 18.5 Å². The van der Waals surface area contributed by atoms with Gasteiger partial charge in [-0.15, -0.1) is 0 Å². The number of halogens is 1. The fraction of sp³-hybridized carbons (Fsp3) is 0.0909. The number of anilines is 1. The van der Waals surface area contributed by atoms with Crippen molar-refractivity contribution in [2.24, 2.45) is 0 Å². The van der Waals surface area contributed by atoms with Crippen molar-refractivity contribution >= 4 is 29.2 Å². The minimum atomic E-state index is -0.407. The molecule has 0 heterocycles. The smallest absolute Gasteiger partial charge is 0.314 e. The van der Waals surface area contributed by atoms with Gasteiger partial charge in [0.15, 0.2) is 0 Å². The number of carbonyl (C=O) groups excluding carboxylic acids is 2. The molecule has 0 aliphatic carbocycles. The van der Waals surface area contributed by atoms with E-state index in [0.717, 1.165) is 0 Å². The molecule has 0 bridgehead atoms. The number of nitrogens with one attached hydrogen (secondary N) is 1. The third-order valence-corrected chi connectivity index (χ3v) is 4.02. The van der Waals surface area contributed by atoms with E-state index in [-0.39, 0.29) is 18.9 Å². The molecule has 1 N–H and O–H groups in total. The molecule has 0 radical (unpaired) electrons. The van der Waals surface area contributed by atoms with Crippen molar-refractivity contribution in [3.63, 3.8) is 0 Å². The predicted molar refractivity (Wildman–Crippen MR) is 108 cm³/mol. The number of benzene rings is 3. The fourth-order valence-electron chi connectivity index (χ4n) is 2.36. The van der Waals surface area contributed by atoms with E-state index in [2.05, 4.69) is 5.32 Å². The molecule has 0 spiro atoms. The molecule has 0 aromatic heterocycles. The number of hydrogen-bond donors (Lipinski definition) is 1. The van der Waals surface area contributed by atoms with Crippen LogP contribution in [0.3, 0.4) is 0 Å². The first-order valence-electron chi connectivity index (χ1n) is 8.66. The van der Waals surface area contributed by atoms with Gasteiger partial charge >= 0.3 is 5.97 Å². The maximum atomic E-state index is 12.1. The number of carbonyl (C=O) groups is 2. The zero-order valence-corrected chi connectivity index (χ0v) is 15.7. The van der Waals surface area contributed by atoms with Crippen LogP contribution in [0.4, 0.5) is 5.69 Å². The van der Waals surface area contributed by atoms with Gasteiger partial charge < -0.3 is 14.8 Å². The van der Waals surface area contributed by atoms with Crippen molar-refractivity contribution < 1.29 is 19.1 Å². The first kappa shape index (κ1) is 19.5. The molecule has 0 aliphatic heterocycles. The Morgan fingerprint density at radius 1 is 0.821 bits per heavy atom. The standard InChI is InChI=1S/C22H18ClNO4/c23-17-6-10-19(11-7-17)27-15-14-21(25)28-20-12-8-18(9-13-20)24-22(26)16-4-2-1-3-5-16/h1-13H,14-15H2,(H,24,26). The van der Waals surface area contributed by atoms with Crippen molar-refractivity contribution in [2.45, 2.75) is 6.42 Å². The van der Waals surface area contributed by atoms with Gasteiger partial charge in [-0.05, 0) is 60.7 Å². The van der Waals surface area contributed by atoms with Gasteiger partial charge in [-0.2, -0.15) is 0 Å². The third kappa shape index (κ3) is 5.86. The molecule has 5 nitrogen and oxygen atoms in total. The maximum Gasteiger partial charge on any atom is 0.314 e. The van der Waals surface area contributed by atoms with E-state index in [1.807, 2.05) is 6.07 Å². The van der Waals surface area contributed by atoms with E-state index in [1.54, 1.807) is 72.8 Å².